The summed E-state index contributed by atoms with van der Waals surface area (Å²) in [5.74, 6) is 0.0349. The van der Waals surface area contributed by atoms with Crippen molar-refractivity contribution in [2.45, 2.75) is 83.7 Å². The molecular weight excluding hydrogens is 753 g/mol. The van der Waals surface area contributed by atoms with Crippen LogP contribution in [0.25, 0.3) is 33.9 Å². The molecule has 10 nitrogen and oxygen atoms in total. The molecule has 2 unspecified atom stereocenters. The maximum absolute atomic E-state index is 12.8. The van der Waals surface area contributed by atoms with Gasteiger partial charge in [-0.15, -0.1) is 0 Å². The van der Waals surface area contributed by atoms with Crippen LogP contribution in [0.15, 0.2) is 72.0 Å². The van der Waals surface area contributed by atoms with Crippen LogP contribution in [0.2, 0.25) is 0 Å². The minimum atomic E-state index is -4.40. The van der Waals surface area contributed by atoms with Crippen molar-refractivity contribution < 1.29 is 76.1 Å². The van der Waals surface area contributed by atoms with E-state index in [1.165, 1.54) is 28.9 Å². The minimum absolute atomic E-state index is 0. The number of hydrogen-bond acceptors (Lipinski definition) is 6. The van der Waals surface area contributed by atoms with Gasteiger partial charge in [-0.2, -0.15) is 36.5 Å². The summed E-state index contributed by atoms with van der Waals surface area (Å²) in [6, 6.07) is 13.0. The molecule has 56 heavy (non-hydrogen) atoms. The van der Waals surface area contributed by atoms with Gasteiger partial charge in [0, 0.05) is 22.5 Å². The predicted octanol–water partition coefficient (Wildman–Crippen LogP) is 5.14. The van der Waals surface area contributed by atoms with Crippen LogP contribution in [0.5, 0.6) is 0 Å². The number of rotatable bonds is 6. The van der Waals surface area contributed by atoms with E-state index in [0.717, 1.165) is 61.2 Å². The molecule has 0 spiro atoms. The summed E-state index contributed by atoms with van der Waals surface area (Å²) >= 11 is 0. The number of aromatic nitrogens is 4. The Morgan fingerprint density at radius 1 is 0.661 bits per heavy atom. The van der Waals surface area contributed by atoms with Gasteiger partial charge in [0.25, 0.3) is 11.8 Å². The van der Waals surface area contributed by atoms with Crippen molar-refractivity contribution in [1.82, 2.24) is 30.2 Å². The molecule has 4 aliphatic rings. The number of hydrogen-bond donors (Lipinski definition) is 3. The smallest absolute Gasteiger partial charge is 0.870 e. The zero-order valence-corrected chi connectivity index (χ0v) is 33.5. The average Bonchev–Trinajstić information content (AvgIpc) is 4.03. The molecule has 2 saturated carbocycles. The SMILES string of the molecule is CC1=C(n2nc(-c3ccc(C(F)(F)F)cc3)cc2C)C(=O)NC1(C)C1CC1.Cc1cc(-c2ccc(C(F)(F)F)cc2)nn1C1=C(O)C(C)(C2CC2)NC1=O.[Na+].[OH-]. The first kappa shape index (κ1) is 42.8. The Morgan fingerprint density at radius 3 is 1.41 bits per heavy atom. The number of aryl methyl sites for hydroxylation is 2. The molecular formula is C39H39F6N6NaO4. The molecule has 2 aromatic heterocycles. The Morgan fingerprint density at radius 2 is 1.02 bits per heavy atom. The molecule has 2 fully saturated rings. The van der Waals surface area contributed by atoms with Crippen LogP contribution in [0, 0.1) is 25.7 Å². The van der Waals surface area contributed by atoms with Crippen LogP contribution in [0.4, 0.5) is 26.3 Å². The van der Waals surface area contributed by atoms with Gasteiger partial charge in [0.1, 0.15) is 11.5 Å². The van der Waals surface area contributed by atoms with Crippen molar-refractivity contribution in [2.75, 3.05) is 0 Å². The van der Waals surface area contributed by atoms with Crippen molar-refractivity contribution in [1.29, 1.82) is 0 Å². The molecule has 17 heteroatoms. The third kappa shape index (κ3) is 7.68. The van der Waals surface area contributed by atoms with E-state index >= 15 is 0 Å². The summed E-state index contributed by atoms with van der Waals surface area (Å²) in [5, 5.41) is 25.5. The number of benzene rings is 2. The van der Waals surface area contributed by atoms with Gasteiger partial charge in [-0.25, -0.2) is 9.36 Å². The number of amides is 2. The molecule has 2 aliphatic heterocycles. The molecule has 0 saturated heterocycles. The van der Waals surface area contributed by atoms with E-state index < -0.39 is 34.9 Å². The van der Waals surface area contributed by atoms with E-state index in [-0.39, 0.29) is 63.9 Å². The summed E-state index contributed by atoms with van der Waals surface area (Å²) in [6.07, 6.45) is -4.72. The third-order valence-corrected chi connectivity index (χ3v) is 11.0. The Kier molecular flexibility index (Phi) is 11.3. The summed E-state index contributed by atoms with van der Waals surface area (Å²) in [4.78, 5) is 25.1. The van der Waals surface area contributed by atoms with Gasteiger partial charge in [-0.3, -0.25) is 9.59 Å². The van der Waals surface area contributed by atoms with E-state index in [4.69, 9.17) is 0 Å². The first-order chi connectivity index (χ1) is 25.2. The number of nitrogens with zero attached hydrogens (tertiary/aromatic N) is 4. The molecule has 0 bridgehead atoms. The van der Waals surface area contributed by atoms with E-state index in [0.29, 0.717) is 39.8 Å². The number of halogens is 6. The van der Waals surface area contributed by atoms with Gasteiger partial charge in [0.05, 0.1) is 33.6 Å². The summed E-state index contributed by atoms with van der Waals surface area (Å²) in [7, 11) is 0. The molecule has 2 aliphatic carbocycles. The van der Waals surface area contributed by atoms with Crippen molar-refractivity contribution in [3.8, 4) is 22.5 Å². The van der Waals surface area contributed by atoms with Gasteiger partial charge in [-0.1, -0.05) is 24.3 Å². The Labute approximate surface area is 340 Å². The second-order valence-corrected chi connectivity index (χ2v) is 14.8. The van der Waals surface area contributed by atoms with E-state index in [1.807, 2.05) is 20.8 Å². The topological polar surface area (TPSA) is 144 Å². The Hall–Kier alpha value is -4.38. The largest absolute Gasteiger partial charge is 1.00 e. The molecule has 4 N–H and O–H groups in total. The first-order valence-electron chi connectivity index (χ1n) is 17.5. The van der Waals surface area contributed by atoms with Gasteiger partial charge >= 0.3 is 41.9 Å². The van der Waals surface area contributed by atoms with Crippen LogP contribution < -0.4 is 40.2 Å². The second-order valence-electron chi connectivity index (χ2n) is 14.8. The van der Waals surface area contributed by atoms with Gasteiger partial charge in [-0.05, 0) is 114 Å². The van der Waals surface area contributed by atoms with Crippen molar-refractivity contribution in [3.05, 3.63) is 94.5 Å². The fourth-order valence-electron chi connectivity index (χ4n) is 7.33. The minimum Gasteiger partial charge on any atom is -0.870 e. The van der Waals surface area contributed by atoms with E-state index in [9.17, 15) is 41.0 Å². The standard InChI is InChI=1S/C20H20F3N3O.C19H18F3N3O2.Na.H2O/c1-11-10-16(13-4-6-15(7-5-13)20(21,22)23)25-26(11)17-12(2)19(3,14-8-9-14)24-18(17)27;1-10-9-14(11-3-5-13(6-4-11)19(20,21)22)24-25(10)15-16(26)18(2,12-7-8-12)23-17(15)27;;/h4-7,10,14H,8-9H2,1-3H3,(H,24,27);3-6,9,12,26H,7-8H2,1-2H3,(H,23,27);;1H2/q;;+1;/p-1. The summed E-state index contributed by atoms with van der Waals surface area (Å²) in [5.41, 5.74) is 2.35. The zero-order valence-electron chi connectivity index (χ0n) is 31.5. The molecule has 4 aromatic rings. The second kappa shape index (κ2) is 14.8. The van der Waals surface area contributed by atoms with Crippen LogP contribution >= 0.6 is 0 Å². The quantitative estimate of drug-likeness (QED) is 0.183. The van der Waals surface area contributed by atoms with Gasteiger partial charge in [0.15, 0.2) is 5.70 Å². The fourth-order valence-corrected chi connectivity index (χ4v) is 7.33. The summed E-state index contributed by atoms with van der Waals surface area (Å²) in [6.45, 7) is 9.34. The molecule has 292 valence electrons. The van der Waals surface area contributed by atoms with Crippen LogP contribution in [-0.2, 0) is 21.9 Å². The number of carbonyl (C=O) groups excluding carboxylic acids is 2. The predicted molar refractivity (Wildman–Crippen MR) is 190 cm³/mol. The summed E-state index contributed by atoms with van der Waals surface area (Å²) < 4.78 is 79.4. The first-order valence-corrected chi connectivity index (χ1v) is 17.5. The van der Waals surface area contributed by atoms with Crippen LogP contribution in [0.1, 0.15) is 69.0 Å². The van der Waals surface area contributed by atoms with Crippen molar-refractivity contribution in [2.24, 2.45) is 11.8 Å². The molecule has 2 aromatic carbocycles. The van der Waals surface area contributed by atoms with E-state index in [2.05, 4.69) is 20.8 Å². The molecule has 4 heterocycles. The number of alkyl halides is 6. The molecule has 0 radical (unpaired) electrons. The maximum Gasteiger partial charge on any atom is 1.00 e. The Bertz CT molecular complexity index is 2080. The van der Waals surface area contributed by atoms with Gasteiger partial charge < -0.3 is 21.2 Å². The molecule has 2 atom stereocenters. The van der Waals surface area contributed by atoms with Crippen LogP contribution in [-0.4, -0.2) is 53.0 Å². The molecule has 8 rings (SSSR count). The maximum atomic E-state index is 12.8. The van der Waals surface area contributed by atoms with Crippen LogP contribution in [0.3, 0.4) is 0 Å². The fraction of sp³-hybridized carbons (Fsp3) is 0.385. The van der Waals surface area contributed by atoms with Crippen molar-refractivity contribution in [3.63, 3.8) is 0 Å². The van der Waals surface area contributed by atoms with Crippen molar-refractivity contribution >= 4 is 23.2 Å². The normalized spacial score (nSPS) is 22.3. The average molecular weight is 793 g/mol. The Balaban J connectivity index is 0.000000207. The number of aliphatic hydroxyl groups excluding tert-OH is 1. The third-order valence-electron chi connectivity index (χ3n) is 11.0. The molecule has 2 amide bonds. The number of nitrogens with one attached hydrogen (secondary N) is 2. The number of aliphatic hydroxyl groups is 1. The number of carbonyl (C=O) groups is 2. The van der Waals surface area contributed by atoms with Gasteiger partial charge in [0.2, 0.25) is 0 Å². The monoisotopic (exact) mass is 792 g/mol. The zero-order chi connectivity index (χ0) is 39.1. The van der Waals surface area contributed by atoms with E-state index in [1.54, 1.807) is 30.7 Å².